The number of fused-ring (bicyclic) bond motifs is 1. The molecule has 1 aromatic rings. The van der Waals surface area contributed by atoms with E-state index in [4.69, 9.17) is 10.8 Å². The highest BCUT2D eigenvalue weighted by atomic mass is 16.4. The van der Waals surface area contributed by atoms with Crippen LogP contribution in [0.15, 0.2) is 24.3 Å². The minimum atomic E-state index is -1.15. The number of hydrogen-bond donors (Lipinski definition) is 3. The van der Waals surface area contributed by atoms with E-state index in [2.05, 4.69) is 5.32 Å². The van der Waals surface area contributed by atoms with Crippen molar-refractivity contribution in [2.75, 3.05) is 0 Å². The molecule has 1 aliphatic carbocycles. The smallest absolute Gasteiger partial charge is 0.326 e. The molecule has 2 rings (SSSR count). The van der Waals surface area contributed by atoms with Crippen LogP contribution in [0.25, 0.3) is 0 Å². The molecule has 0 radical (unpaired) electrons. The largest absolute Gasteiger partial charge is 0.480 e. The Kier molecular flexibility index (Phi) is 5.14. The van der Waals surface area contributed by atoms with Gasteiger partial charge < -0.3 is 16.2 Å². The molecule has 2 amide bonds. The fraction of sp³-hybridized carbons (Fsp3) is 0.438. The van der Waals surface area contributed by atoms with Gasteiger partial charge in [0.15, 0.2) is 0 Å². The molecule has 0 heterocycles. The molecule has 0 spiro atoms. The van der Waals surface area contributed by atoms with Crippen LogP contribution in [0, 0.1) is 0 Å². The molecule has 0 saturated carbocycles. The number of carbonyl (C=O) groups is 3. The van der Waals surface area contributed by atoms with Crippen molar-refractivity contribution < 1.29 is 19.5 Å². The summed E-state index contributed by atoms with van der Waals surface area (Å²) in [4.78, 5) is 34.4. The first-order valence-corrected chi connectivity index (χ1v) is 7.38. The molecule has 2 atom stereocenters. The van der Waals surface area contributed by atoms with Gasteiger partial charge in [-0.2, -0.15) is 0 Å². The van der Waals surface area contributed by atoms with E-state index in [0.717, 1.165) is 24.0 Å². The summed E-state index contributed by atoms with van der Waals surface area (Å²) in [7, 11) is 0. The summed E-state index contributed by atoms with van der Waals surface area (Å²) in [5.74, 6) is -2.37. The minimum absolute atomic E-state index is 0.00474. The van der Waals surface area contributed by atoms with Crippen molar-refractivity contribution in [3.8, 4) is 0 Å². The van der Waals surface area contributed by atoms with E-state index in [9.17, 15) is 14.4 Å². The van der Waals surface area contributed by atoms with Crippen LogP contribution in [0.4, 0.5) is 0 Å². The molecule has 6 heteroatoms. The van der Waals surface area contributed by atoms with Crippen molar-refractivity contribution in [3.63, 3.8) is 0 Å². The molecule has 1 aromatic carbocycles. The van der Waals surface area contributed by atoms with E-state index >= 15 is 0 Å². The zero-order chi connectivity index (χ0) is 16.1. The molecular weight excluding hydrogens is 284 g/mol. The van der Waals surface area contributed by atoms with Gasteiger partial charge in [-0.25, -0.2) is 4.79 Å². The van der Waals surface area contributed by atoms with E-state index in [1.165, 1.54) is 0 Å². The molecule has 1 unspecified atom stereocenters. The van der Waals surface area contributed by atoms with Crippen LogP contribution in [0.5, 0.6) is 0 Å². The number of primary amides is 1. The molecule has 4 N–H and O–H groups in total. The first-order chi connectivity index (χ1) is 10.5. The van der Waals surface area contributed by atoms with E-state index in [1.807, 2.05) is 24.3 Å². The third-order valence-corrected chi connectivity index (χ3v) is 3.98. The number of nitrogens with one attached hydrogen (secondary N) is 1. The number of carboxylic acid groups (broad SMARTS) is 1. The van der Waals surface area contributed by atoms with E-state index in [0.29, 0.717) is 6.42 Å². The Bertz CT molecular complexity index is 585. The molecule has 0 saturated heterocycles. The Morgan fingerprint density at radius 3 is 2.73 bits per heavy atom. The van der Waals surface area contributed by atoms with Crippen molar-refractivity contribution in [2.24, 2.45) is 5.73 Å². The average Bonchev–Trinajstić information content (AvgIpc) is 2.50. The number of amides is 2. The van der Waals surface area contributed by atoms with Crippen molar-refractivity contribution in [2.45, 2.75) is 44.1 Å². The summed E-state index contributed by atoms with van der Waals surface area (Å²) in [5, 5.41) is 11.7. The van der Waals surface area contributed by atoms with Gasteiger partial charge in [0.2, 0.25) is 11.8 Å². The first-order valence-electron chi connectivity index (χ1n) is 7.38. The van der Waals surface area contributed by atoms with Crippen molar-refractivity contribution in [1.29, 1.82) is 0 Å². The summed E-state index contributed by atoms with van der Waals surface area (Å²) >= 11 is 0. The van der Waals surface area contributed by atoms with Gasteiger partial charge in [-0.15, -0.1) is 0 Å². The fourth-order valence-corrected chi connectivity index (χ4v) is 2.84. The highest BCUT2D eigenvalue weighted by Gasteiger charge is 2.29. The average molecular weight is 304 g/mol. The Morgan fingerprint density at radius 2 is 2.05 bits per heavy atom. The number of hydrogen-bond acceptors (Lipinski definition) is 3. The second kappa shape index (κ2) is 7.06. The first kappa shape index (κ1) is 16.0. The van der Waals surface area contributed by atoms with Crippen LogP contribution in [-0.4, -0.2) is 28.9 Å². The zero-order valence-corrected chi connectivity index (χ0v) is 12.2. The normalized spacial score (nSPS) is 18.1. The predicted octanol–water partition coefficient (Wildman–Crippen LogP) is 0.941. The van der Waals surface area contributed by atoms with Crippen LogP contribution in [0.3, 0.4) is 0 Å². The molecule has 0 fully saturated rings. The molecular formula is C16H20N2O4. The van der Waals surface area contributed by atoms with Crippen LogP contribution in [0.2, 0.25) is 0 Å². The van der Waals surface area contributed by atoms with Gasteiger partial charge in [0.05, 0.1) is 5.92 Å². The van der Waals surface area contributed by atoms with Gasteiger partial charge in [0.25, 0.3) is 0 Å². The Balaban J connectivity index is 2.08. The molecule has 118 valence electrons. The van der Waals surface area contributed by atoms with Crippen LogP contribution < -0.4 is 11.1 Å². The lowest BCUT2D eigenvalue weighted by atomic mass is 9.82. The standard InChI is InChI=1S/C16H20N2O4/c17-14(19)9-8-13(16(21)22)18-15(20)12-7-3-5-10-4-1-2-6-11(10)12/h1-2,4,6,12-13H,3,5,7-9H2,(H2,17,19)(H,18,20)(H,21,22)/t12?,13-/m0/s1. The quantitative estimate of drug-likeness (QED) is 0.726. The van der Waals surface area contributed by atoms with Gasteiger partial charge in [0, 0.05) is 6.42 Å². The second-order valence-electron chi connectivity index (χ2n) is 5.55. The third kappa shape index (κ3) is 3.84. The van der Waals surface area contributed by atoms with Crippen molar-refractivity contribution >= 4 is 17.8 Å². The van der Waals surface area contributed by atoms with Crippen LogP contribution in [0.1, 0.15) is 42.7 Å². The number of nitrogens with two attached hydrogens (primary N) is 1. The molecule has 0 aromatic heterocycles. The molecule has 22 heavy (non-hydrogen) atoms. The number of aryl methyl sites for hydroxylation is 1. The van der Waals surface area contributed by atoms with Gasteiger partial charge in [-0.3, -0.25) is 9.59 Å². The lowest BCUT2D eigenvalue weighted by molar-refractivity contribution is -0.142. The topological polar surface area (TPSA) is 109 Å². The van der Waals surface area contributed by atoms with E-state index in [1.54, 1.807) is 0 Å². The van der Waals surface area contributed by atoms with Gasteiger partial charge in [-0.05, 0) is 36.8 Å². The molecule has 6 nitrogen and oxygen atoms in total. The number of benzene rings is 1. The summed E-state index contributed by atoms with van der Waals surface area (Å²) in [6.07, 6.45) is 2.46. The number of carbonyl (C=O) groups excluding carboxylic acids is 2. The summed E-state index contributed by atoms with van der Waals surface area (Å²) in [5.41, 5.74) is 7.13. The monoisotopic (exact) mass is 304 g/mol. The maximum atomic E-state index is 12.4. The van der Waals surface area contributed by atoms with Crippen molar-refractivity contribution in [1.82, 2.24) is 5.32 Å². The SMILES string of the molecule is NC(=O)CC[C@H](NC(=O)C1CCCc2ccccc21)C(=O)O. The molecule has 0 bridgehead atoms. The van der Waals surface area contributed by atoms with E-state index in [-0.39, 0.29) is 24.7 Å². The Labute approximate surface area is 128 Å². The van der Waals surface area contributed by atoms with Crippen LogP contribution >= 0.6 is 0 Å². The predicted molar refractivity (Wildman–Crippen MR) is 80.1 cm³/mol. The van der Waals surface area contributed by atoms with Crippen molar-refractivity contribution in [3.05, 3.63) is 35.4 Å². The number of carboxylic acids is 1. The lowest BCUT2D eigenvalue weighted by Crippen LogP contribution is -2.44. The Morgan fingerprint density at radius 1 is 1.32 bits per heavy atom. The Hall–Kier alpha value is -2.37. The summed E-state index contributed by atoms with van der Waals surface area (Å²) < 4.78 is 0. The van der Waals surface area contributed by atoms with Gasteiger partial charge >= 0.3 is 5.97 Å². The second-order valence-corrected chi connectivity index (χ2v) is 5.55. The van der Waals surface area contributed by atoms with Crippen LogP contribution in [-0.2, 0) is 20.8 Å². The van der Waals surface area contributed by atoms with Gasteiger partial charge in [-0.1, -0.05) is 24.3 Å². The summed E-state index contributed by atoms with van der Waals surface area (Å²) in [6.45, 7) is 0. The highest BCUT2D eigenvalue weighted by Crippen LogP contribution is 2.31. The summed E-state index contributed by atoms with van der Waals surface area (Å²) in [6, 6.07) is 6.64. The lowest BCUT2D eigenvalue weighted by Gasteiger charge is -2.26. The zero-order valence-electron chi connectivity index (χ0n) is 12.2. The maximum Gasteiger partial charge on any atom is 0.326 e. The molecule has 1 aliphatic rings. The number of aliphatic carboxylic acids is 1. The maximum absolute atomic E-state index is 12.4. The van der Waals surface area contributed by atoms with E-state index < -0.39 is 17.9 Å². The highest BCUT2D eigenvalue weighted by molar-refractivity contribution is 5.88. The molecule has 0 aliphatic heterocycles. The van der Waals surface area contributed by atoms with Gasteiger partial charge in [0.1, 0.15) is 6.04 Å². The number of rotatable bonds is 6. The minimum Gasteiger partial charge on any atom is -0.480 e. The third-order valence-electron chi connectivity index (χ3n) is 3.98. The fourth-order valence-electron chi connectivity index (χ4n) is 2.84.